The van der Waals surface area contributed by atoms with Gasteiger partial charge in [0.15, 0.2) is 0 Å². The van der Waals surface area contributed by atoms with Crippen molar-refractivity contribution in [1.82, 2.24) is 14.8 Å². The predicted octanol–water partition coefficient (Wildman–Crippen LogP) is 2.46. The van der Waals surface area contributed by atoms with E-state index in [-0.39, 0.29) is 11.3 Å². The normalized spacial score (nSPS) is 18.5. The summed E-state index contributed by atoms with van der Waals surface area (Å²) in [6.07, 6.45) is 2.31. The maximum Gasteiger partial charge on any atom is 0.295 e. The van der Waals surface area contributed by atoms with Gasteiger partial charge in [0, 0.05) is 18.3 Å². The van der Waals surface area contributed by atoms with Crippen LogP contribution in [0.4, 0.5) is 0 Å². The summed E-state index contributed by atoms with van der Waals surface area (Å²) in [5, 5.41) is 11.0. The van der Waals surface area contributed by atoms with Gasteiger partial charge in [0.05, 0.1) is 18.4 Å². The first-order valence-electron chi connectivity index (χ1n) is 9.42. The van der Waals surface area contributed by atoms with Gasteiger partial charge < -0.3 is 19.6 Å². The van der Waals surface area contributed by atoms with E-state index in [1.807, 2.05) is 19.0 Å². The lowest BCUT2D eigenvalue weighted by atomic mass is 9.98. The molecule has 0 saturated carbocycles. The fraction of sp³-hybridized carbons (Fsp3) is 0.318. The highest BCUT2D eigenvalue weighted by atomic mass is 16.5. The van der Waals surface area contributed by atoms with Gasteiger partial charge in [0.1, 0.15) is 17.6 Å². The van der Waals surface area contributed by atoms with Crippen molar-refractivity contribution in [2.75, 3.05) is 34.3 Å². The molecule has 3 rings (SSSR count). The average Bonchev–Trinajstić information content (AvgIpc) is 2.98. The second-order valence-electron chi connectivity index (χ2n) is 7.14. The molecule has 1 saturated heterocycles. The highest BCUT2D eigenvalue weighted by molar-refractivity contribution is 6.46. The molecule has 1 fully saturated rings. The summed E-state index contributed by atoms with van der Waals surface area (Å²) in [4.78, 5) is 33.6. The molecule has 1 aliphatic heterocycles. The molecule has 1 N–H and O–H groups in total. The van der Waals surface area contributed by atoms with E-state index in [4.69, 9.17) is 4.74 Å². The molecule has 0 spiro atoms. The van der Waals surface area contributed by atoms with Crippen molar-refractivity contribution in [2.45, 2.75) is 12.5 Å². The van der Waals surface area contributed by atoms with E-state index in [0.29, 0.717) is 30.0 Å². The molecule has 152 valence electrons. The Kier molecular flexibility index (Phi) is 6.29. The minimum Gasteiger partial charge on any atom is -0.507 e. The number of hydrogen-bond acceptors (Lipinski definition) is 6. The van der Waals surface area contributed by atoms with Crippen molar-refractivity contribution < 1.29 is 19.4 Å². The molecule has 1 amide bonds. The first-order chi connectivity index (χ1) is 13.9. The number of aliphatic hydroxyl groups excluding tert-OH is 1. The summed E-state index contributed by atoms with van der Waals surface area (Å²) in [6, 6.07) is 11.4. The van der Waals surface area contributed by atoms with E-state index >= 15 is 0 Å². The van der Waals surface area contributed by atoms with Gasteiger partial charge in [-0.05, 0) is 51.3 Å². The van der Waals surface area contributed by atoms with Crippen LogP contribution in [0.2, 0.25) is 0 Å². The Morgan fingerprint density at radius 3 is 2.66 bits per heavy atom. The van der Waals surface area contributed by atoms with Crippen LogP contribution in [0.25, 0.3) is 5.76 Å². The Balaban J connectivity index is 2.07. The Morgan fingerprint density at radius 1 is 1.21 bits per heavy atom. The number of rotatable bonds is 7. The number of benzene rings is 1. The third-order valence-corrected chi connectivity index (χ3v) is 4.86. The van der Waals surface area contributed by atoms with Crippen molar-refractivity contribution in [1.29, 1.82) is 0 Å². The highest BCUT2D eigenvalue weighted by Crippen LogP contribution is 2.38. The smallest absolute Gasteiger partial charge is 0.295 e. The molecule has 1 unspecified atom stereocenters. The van der Waals surface area contributed by atoms with Crippen LogP contribution in [-0.4, -0.2) is 65.9 Å². The average molecular weight is 395 g/mol. The SMILES string of the molecule is COc1cccc(C(O)=C2C(=O)C(=O)N(CCCN(C)C)C2c2ccccn2)c1. The molecule has 7 heteroatoms. The van der Waals surface area contributed by atoms with Crippen LogP contribution in [-0.2, 0) is 9.59 Å². The fourth-order valence-electron chi connectivity index (χ4n) is 3.44. The first kappa shape index (κ1) is 20.5. The lowest BCUT2D eigenvalue weighted by molar-refractivity contribution is -0.140. The largest absolute Gasteiger partial charge is 0.507 e. The topological polar surface area (TPSA) is 83.0 Å². The first-order valence-corrected chi connectivity index (χ1v) is 9.42. The third kappa shape index (κ3) is 4.30. The maximum absolute atomic E-state index is 12.9. The van der Waals surface area contributed by atoms with E-state index in [9.17, 15) is 14.7 Å². The number of hydrogen-bond donors (Lipinski definition) is 1. The minimum atomic E-state index is -0.732. The van der Waals surface area contributed by atoms with Gasteiger partial charge in [-0.2, -0.15) is 0 Å². The summed E-state index contributed by atoms with van der Waals surface area (Å²) in [7, 11) is 5.43. The van der Waals surface area contributed by atoms with E-state index in [1.54, 1.807) is 48.7 Å². The number of aliphatic hydroxyl groups is 1. The molecular formula is C22H25N3O4. The van der Waals surface area contributed by atoms with Crippen LogP contribution in [0.1, 0.15) is 23.7 Å². The van der Waals surface area contributed by atoms with Gasteiger partial charge in [0.25, 0.3) is 11.7 Å². The number of nitrogens with zero attached hydrogens (tertiary/aromatic N) is 3. The Labute approximate surface area is 170 Å². The summed E-state index contributed by atoms with van der Waals surface area (Å²) in [5.74, 6) is -1.01. The van der Waals surface area contributed by atoms with Gasteiger partial charge in [-0.1, -0.05) is 18.2 Å². The van der Waals surface area contributed by atoms with E-state index in [0.717, 1.165) is 6.54 Å². The quantitative estimate of drug-likeness (QED) is 0.441. The second-order valence-corrected chi connectivity index (χ2v) is 7.14. The lowest BCUT2D eigenvalue weighted by Gasteiger charge is -2.25. The highest BCUT2D eigenvalue weighted by Gasteiger charge is 2.46. The van der Waals surface area contributed by atoms with Gasteiger partial charge >= 0.3 is 0 Å². The van der Waals surface area contributed by atoms with Crippen molar-refractivity contribution in [3.05, 3.63) is 65.5 Å². The minimum absolute atomic E-state index is 0.0480. The summed E-state index contributed by atoms with van der Waals surface area (Å²) >= 11 is 0. The molecule has 2 heterocycles. The van der Waals surface area contributed by atoms with Crippen LogP contribution in [0.15, 0.2) is 54.2 Å². The standard InChI is InChI=1S/C22H25N3O4/c1-24(2)12-7-13-25-19(17-10-4-5-11-23-17)18(21(27)22(25)28)20(26)15-8-6-9-16(14-15)29-3/h4-6,8-11,14,19,26H,7,12-13H2,1-3H3. The molecule has 1 aromatic heterocycles. The summed E-state index contributed by atoms with van der Waals surface area (Å²) in [5.41, 5.74) is 1.00. The van der Waals surface area contributed by atoms with Crippen molar-refractivity contribution in [3.63, 3.8) is 0 Å². The zero-order chi connectivity index (χ0) is 21.0. The van der Waals surface area contributed by atoms with Crippen LogP contribution in [0.3, 0.4) is 0 Å². The number of Topliss-reactive ketones (excluding diaryl/α,β-unsaturated/α-hetero) is 1. The lowest BCUT2D eigenvalue weighted by Crippen LogP contribution is -2.32. The van der Waals surface area contributed by atoms with Crippen molar-refractivity contribution >= 4 is 17.4 Å². The Bertz CT molecular complexity index is 925. The maximum atomic E-state index is 12.9. The number of pyridine rings is 1. The monoisotopic (exact) mass is 395 g/mol. The van der Waals surface area contributed by atoms with Gasteiger partial charge in [-0.25, -0.2) is 0 Å². The number of amides is 1. The van der Waals surface area contributed by atoms with Gasteiger partial charge in [0.2, 0.25) is 0 Å². The molecule has 7 nitrogen and oxygen atoms in total. The molecule has 0 radical (unpaired) electrons. The third-order valence-electron chi connectivity index (χ3n) is 4.86. The van der Waals surface area contributed by atoms with E-state index in [2.05, 4.69) is 4.98 Å². The summed E-state index contributed by atoms with van der Waals surface area (Å²) < 4.78 is 5.21. The Morgan fingerprint density at radius 2 is 2.00 bits per heavy atom. The molecule has 1 atom stereocenters. The van der Waals surface area contributed by atoms with Crippen molar-refractivity contribution in [2.24, 2.45) is 0 Å². The number of methoxy groups -OCH3 is 1. The van der Waals surface area contributed by atoms with Crippen LogP contribution >= 0.6 is 0 Å². The number of carbonyl (C=O) groups excluding carboxylic acids is 2. The molecule has 2 aromatic rings. The second kappa shape index (κ2) is 8.87. The van der Waals surface area contributed by atoms with E-state index < -0.39 is 17.7 Å². The van der Waals surface area contributed by atoms with Crippen LogP contribution in [0.5, 0.6) is 5.75 Å². The molecule has 1 aliphatic rings. The van der Waals surface area contributed by atoms with Crippen LogP contribution < -0.4 is 4.74 Å². The molecular weight excluding hydrogens is 370 g/mol. The van der Waals surface area contributed by atoms with E-state index in [1.165, 1.54) is 12.0 Å². The number of ketones is 1. The molecule has 0 bridgehead atoms. The van der Waals surface area contributed by atoms with Crippen LogP contribution in [0, 0.1) is 0 Å². The van der Waals surface area contributed by atoms with Gasteiger partial charge in [-0.15, -0.1) is 0 Å². The number of aromatic nitrogens is 1. The predicted molar refractivity (Wildman–Crippen MR) is 109 cm³/mol. The van der Waals surface area contributed by atoms with Gasteiger partial charge in [-0.3, -0.25) is 14.6 Å². The molecule has 29 heavy (non-hydrogen) atoms. The summed E-state index contributed by atoms with van der Waals surface area (Å²) in [6.45, 7) is 1.16. The number of likely N-dealkylation sites (tertiary alicyclic amines) is 1. The fourth-order valence-corrected chi connectivity index (χ4v) is 3.44. The zero-order valence-corrected chi connectivity index (χ0v) is 16.8. The zero-order valence-electron chi connectivity index (χ0n) is 16.8. The molecule has 0 aliphatic carbocycles. The number of carbonyl (C=O) groups is 2. The number of ether oxygens (including phenoxy) is 1. The Hall–Kier alpha value is -3.19. The van der Waals surface area contributed by atoms with Crippen molar-refractivity contribution in [3.8, 4) is 5.75 Å². The molecule has 1 aromatic carbocycles.